The van der Waals surface area contributed by atoms with Crippen molar-refractivity contribution in [2.45, 2.75) is 51.5 Å². The SMILES string of the molecule is CC1CCc2c(C(=O)N3CCCCC3CN)csc2C1. The highest BCUT2D eigenvalue weighted by atomic mass is 32.1. The van der Waals surface area contributed by atoms with Gasteiger partial charge in [0.25, 0.3) is 5.91 Å². The first-order chi connectivity index (χ1) is 9.70. The fourth-order valence-corrected chi connectivity index (χ4v) is 4.76. The van der Waals surface area contributed by atoms with Crippen LogP contribution < -0.4 is 5.73 Å². The van der Waals surface area contributed by atoms with Gasteiger partial charge >= 0.3 is 0 Å². The number of rotatable bonds is 2. The molecule has 2 N–H and O–H groups in total. The Morgan fingerprint density at radius 3 is 3.10 bits per heavy atom. The Morgan fingerprint density at radius 2 is 2.30 bits per heavy atom. The zero-order valence-corrected chi connectivity index (χ0v) is 13.0. The van der Waals surface area contributed by atoms with Gasteiger partial charge in [-0.15, -0.1) is 11.3 Å². The van der Waals surface area contributed by atoms with Crippen LogP contribution in [-0.2, 0) is 12.8 Å². The van der Waals surface area contributed by atoms with Gasteiger partial charge in [-0.05, 0) is 50.0 Å². The Bertz CT molecular complexity index is 497. The summed E-state index contributed by atoms with van der Waals surface area (Å²) in [4.78, 5) is 16.3. The van der Waals surface area contributed by atoms with Crippen LogP contribution in [0.4, 0.5) is 0 Å². The van der Waals surface area contributed by atoms with Crippen molar-refractivity contribution in [3.63, 3.8) is 0 Å². The second-order valence-corrected chi connectivity index (χ2v) is 7.25. The summed E-state index contributed by atoms with van der Waals surface area (Å²) in [6.07, 6.45) is 6.81. The van der Waals surface area contributed by atoms with Crippen molar-refractivity contribution in [2.75, 3.05) is 13.1 Å². The first kappa shape index (κ1) is 14.1. The molecule has 1 fully saturated rings. The van der Waals surface area contributed by atoms with Crippen LogP contribution in [0.1, 0.15) is 53.4 Å². The number of carbonyl (C=O) groups excluding carboxylic acids is 1. The largest absolute Gasteiger partial charge is 0.334 e. The minimum atomic E-state index is 0.229. The summed E-state index contributed by atoms with van der Waals surface area (Å²) in [5, 5.41) is 2.09. The summed E-state index contributed by atoms with van der Waals surface area (Å²) >= 11 is 1.78. The molecule has 1 amide bonds. The van der Waals surface area contributed by atoms with E-state index in [0.717, 1.165) is 43.7 Å². The number of piperidine rings is 1. The Kier molecular flexibility index (Phi) is 4.13. The molecular weight excluding hydrogens is 268 g/mol. The molecule has 20 heavy (non-hydrogen) atoms. The van der Waals surface area contributed by atoms with Gasteiger partial charge in [0.2, 0.25) is 0 Å². The van der Waals surface area contributed by atoms with Gasteiger partial charge < -0.3 is 10.6 Å². The summed E-state index contributed by atoms with van der Waals surface area (Å²) in [5.41, 5.74) is 8.15. The van der Waals surface area contributed by atoms with Gasteiger partial charge in [0.15, 0.2) is 0 Å². The maximum absolute atomic E-state index is 12.9. The lowest BCUT2D eigenvalue weighted by atomic mass is 9.88. The molecule has 0 aromatic carbocycles. The van der Waals surface area contributed by atoms with E-state index in [4.69, 9.17) is 5.73 Å². The number of hydrogen-bond acceptors (Lipinski definition) is 3. The third-order valence-corrected chi connectivity index (χ3v) is 5.84. The maximum Gasteiger partial charge on any atom is 0.255 e. The van der Waals surface area contributed by atoms with Crippen LogP contribution in [0.3, 0.4) is 0 Å². The zero-order chi connectivity index (χ0) is 14.1. The maximum atomic E-state index is 12.9. The van der Waals surface area contributed by atoms with E-state index < -0.39 is 0 Å². The van der Waals surface area contributed by atoms with Crippen molar-refractivity contribution in [1.29, 1.82) is 0 Å². The Hall–Kier alpha value is -0.870. The molecule has 1 saturated heterocycles. The average Bonchev–Trinajstić information content (AvgIpc) is 2.89. The summed E-state index contributed by atoms with van der Waals surface area (Å²) in [7, 11) is 0. The highest BCUT2D eigenvalue weighted by Crippen LogP contribution is 2.34. The molecule has 1 aliphatic heterocycles. The lowest BCUT2D eigenvalue weighted by Gasteiger charge is -2.35. The quantitative estimate of drug-likeness (QED) is 0.911. The number of fused-ring (bicyclic) bond motifs is 1. The molecule has 3 rings (SSSR count). The van der Waals surface area contributed by atoms with Gasteiger partial charge in [-0.25, -0.2) is 0 Å². The van der Waals surface area contributed by atoms with E-state index >= 15 is 0 Å². The predicted octanol–water partition coefficient (Wildman–Crippen LogP) is 2.83. The van der Waals surface area contributed by atoms with Crippen molar-refractivity contribution < 1.29 is 4.79 Å². The van der Waals surface area contributed by atoms with Crippen molar-refractivity contribution in [3.8, 4) is 0 Å². The van der Waals surface area contributed by atoms with Crippen LogP contribution in [0, 0.1) is 5.92 Å². The fraction of sp³-hybridized carbons (Fsp3) is 0.688. The Morgan fingerprint density at radius 1 is 1.45 bits per heavy atom. The summed E-state index contributed by atoms with van der Waals surface area (Å²) in [6, 6.07) is 0.245. The van der Waals surface area contributed by atoms with Crippen LogP contribution in [0.25, 0.3) is 0 Å². The molecule has 2 heterocycles. The number of nitrogens with zero attached hydrogens (tertiary/aromatic N) is 1. The molecule has 1 aromatic heterocycles. The second kappa shape index (κ2) is 5.86. The van der Waals surface area contributed by atoms with Crippen LogP contribution in [-0.4, -0.2) is 29.9 Å². The van der Waals surface area contributed by atoms with E-state index in [-0.39, 0.29) is 11.9 Å². The molecule has 110 valence electrons. The minimum absolute atomic E-state index is 0.229. The first-order valence-electron chi connectivity index (χ1n) is 7.81. The number of thiophene rings is 1. The predicted molar refractivity (Wildman–Crippen MR) is 83.2 cm³/mol. The van der Waals surface area contributed by atoms with Crippen LogP contribution in [0.5, 0.6) is 0 Å². The molecule has 0 spiro atoms. The lowest BCUT2D eigenvalue weighted by molar-refractivity contribution is 0.0622. The van der Waals surface area contributed by atoms with E-state index in [1.807, 2.05) is 4.90 Å². The van der Waals surface area contributed by atoms with Gasteiger partial charge in [0.1, 0.15) is 0 Å². The molecule has 1 aliphatic carbocycles. The number of nitrogens with two attached hydrogens (primary N) is 1. The fourth-order valence-electron chi connectivity index (χ4n) is 3.52. The zero-order valence-electron chi connectivity index (χ0n) is 12.2. The van der Waals surface area contributed by atoms with Gasteiger partial charge in [0.05, 0.1) is 5.56 Å². The minimum Gasteiger partial charge on any atom is -0.334 e. The molecule has 2 atom stereocenters. The van der Waals surface area contributed by atoms with Crippen LogP contribution >= 0.6 is 11.3 Å². The van der Waals surface area contributed by atoms with Crippen molar-refractivity contribution in [3.05, 3.63) is 21.4 Å². The van der Waals surface area contributed by atoms with E-state index in [1.54, 1.807) is 11.3 Å². The molecule has 2 unspecified atom stereocenters. The summed E-state index contributed by atoms with van der Waals surface area (Å²) < 4.78 is 0. The van der Waals surface area contributed by atoms with Crippen LogP contribution in [0.2, 0.25) is 0 Å². The van der Waals surface area contributed by atoms with Crippen LogP contribution in [0.15, 0.2) is 5.38 Å². The Balaban J connectivity index is 1.84. The molecule has 2 aliphatic rings. The van der Waals surface area contributed by atoms with Gasteiger partial charge in [-0.3, -0.25) is 4.79 Å². The van der Waals surface area contributed by atoms with Crippen molar-refractivity contribution >= 4 is 17.2 Å². The molecule has 0 saturated carbocycles. The monoisotopic (exact) mass is 292 g/mol. The van der Waals surface area contributed by atoms with Crippen molar-refractivity contribution in [1.82, 2.24) is 4.90 Å². The summed E-state index contributed by atoms with van der Waals surface area (Å²) in [6.45, 7) is 3.77. The van der Waals surface area contributed by atoms with E-state index in [9.17, 15) is 4.79 Å². The highest BCUT2D eigenvalue weighted by molar-refractivity contribution is 7.10. The number of amides is 1. The molecule has 3 nitrogen and oxygen atoms in total. The smallest absolute Gasteiger partial charge is 0.255 e. The number of carbonyl (C=O) groups is 1. The molecule has 0 bridgehead atoms. The van der Waals surface area contributed by atoms with Gasteiger partial charge in [-0.1, -0.05) is 6.92 Å². The molecule has 4 heteroatoms. The first-order valence-corrected chi connectivity index (χ1v) is 8.69. The summed E-state index contributed by atoms with van der Waals surface area (Å²) in [5.74, 6) is 0.989. The Labute approximate surface area is 125 Å². The highest BCUT2D eigenvalue weighted by Gasteiger charge is 2.30. The normalized spacial score (nSPS) is 26.4. The topological polar surface area (TPSA) is 46.3 Å². The number of likely N-dealkylation sites (tertiary alicyclic amines) is 1. The standard InChI is InChI=1S/C16H24N2OS/c1-11-5-6-13-14(10-20-15(13)8-11)16(19)18-7-3-2-4-12(18)9-17/h10-12H,2-9,17H2,1H3. The second-order valence-electron chi connectivity index (χ2n) is 6.28. The van der Waals surface area contributed by atoms with Gasteiger partial charge in [0, 0.05) is 29.4 Å². The molecule has 0 radical (unpaired) electrons. The van der Waals surface area contributed by atoms with E-state index in [0.29, 0.717) is 6.54 Å². The van der Waals surface area contributed by atoms with E-state index in [1.165, 1.54) is 23.3 Å². The third-order valence-electron chi connectivity index (χ3n) is 4.79. The average molecular weight is 292 g/mol. The molecular formula is C16H24N2OS. The van der Waals surface area contributed by atoms with Gasteiger partial charge in [-0.2, -0.15) is 0 Å². The van der Waals surface area contributed by atoms with Crippen molar-refractivity contribution in [2.24, 2.45) is 11.7 Å². The lowest BCUT2D eigenvalue weighted by Crippen LogP contribution is -2.47. The number of hydrogen-bond donors (Lipinski definition) is 1. The molecule has 1 aromatic rings. The van der Waals surface area contributed by atoms with E-state index in [2.05, 4.69) is 12.3 Å². The third kappa shape index (κ3) is 2.51.